The van der Waals surface area contributed by atoms with Crippen LogP contribution in [-0.2, 0) is 9.53 Å². The van der Waals surface area contributed by atoms with Crippen molar-refractivity contribution < 1.29 is 14.6 Å². The molecule has 0 radical (unpaired) electrons. The third-order valence-electron chi connectivity index (χ3n) is 5.69. The van der Waals surface area contributed by atoms with E-state index in [0.29, 0.717) is 5.92 Å². The van der Waals surface area contributed by atoms with Gasteiger partial charge in [0.1, 0.15) is 0 Å². The fourth-order valence-corrected chi connectivity index (χ4v) is 4.31. The van der Waals surface area contributed by atoms with E-state index >= 15 is 0 Å². The predicted molar refractivity (Wildman–Crippen MR) is 112 cm³/mol. The van der Waals surface area contributed by atoms with Crippen molar-refractivity contribution in [2.75, 3.05) is 20.6 Å². The number of hydrogen-bond donors (Lipinski definition) is 2. The van der Waals surface area contributed by atoms with Crippen molar-refractivity contribution in [1.29, 1.82) is 0 Å². The Bertz CT molecular complexity index is 554. The number of amides is 1. The second-order valence-electron chi connectivity index (χ2n) is 9.93. The molecule has 1 aliphatic heterocycles. The van der Waals surface area contributed by atoms with Gasteiger partial charge in [0.15, 0.2) is 0 Å². The first-order chi connectivity index (χ1) is 13.0. The van der Waals surface area contributed by atoms with E-state index in [9.17, 15) is 9.90 Å². The SMILES string of the molecule is CC(C)[C@H](NC(O)OC(C)(C)C)C(=O)N1C=C(CCN(C)C)C2CCCCC21. The van der Waals surface area contributed by atoms with Gasteiger partial charge in [-0.15, -0.1) is 0 Å². The highest BCUT2D eigenvalue weighted by molar-refractivity contribution is 5.84. The summed E-state index contributed by atoms with van der Waals surface area (Å²) in [5, 5.41) is 13.3. The normalized spacial score (nSPS) is 25.1. The first-order valence-electron chi connectivity index (χ1n) is 10.8. The summed E-state index contributed by atoms with van der Waals surface area (Å²) in [6, 6.07) is -0.216. The number of fused-ring (bicyclic) bond motifs is 1. The van der Waals surface area contributed by atoms with Gasteiger partial charge < -0.3 is 19.6 Å². The van der Waals surface area contributed by atoms with Crippen molar-refractivity contribution in [2.24, 2.45) is 11.8 Å². The zero-order valence-corrected chi connectivity index (χ0v) is 18.9. The van der Waals surface area contributed by atoms with Gasteiger partial charge in [-0.1, -0.05) is 26.7 Å². The molecule has 0 aromatic carbocycles. The molecule has 1 amide bonds. The Morgan fingerprint density at radius 3 is 2.54 bits per heavy atom. The summed E-state index contributed by atoms with van der Waals surface area (Å²) in [4.78, 5) is 17.6. The quantitative estimate of drug-likeness (QED) is 0.619. The van der Waals surface area contributed by atoms with Crippen LogP contribution in [0.3, 0.4) is 0 Å². The molecule has 162 valence electrons. The first-order valence-corrected chi connectivity index (χ1v) is 10.8. The third kappa shape index (κ3) is 6.28. The van der Waals surface area contributed by atoms with Crippen LogP contribution in [0.15, 0.2) is 11.8 Å². The molecule has 1 aliphatic carbocycles. The van der Waals surface area contributed by atoms with E-state index in [1.165, 1.54) is 24.8 Å². The Morgan fingerprint density at radius 2 is 1.96 bits per heavy atom. The van der Waals surface area contributed by atoms with E-state index < -0.39 is 18.1 Å². The van der Waals surface area contributed by atoms with Gasteiger partial charge in [-0.25, -0.2) is 0 Å². The molecule has 1 fully saturated rings. The highest BCUT2D eigenvalue weighted by atomic mass is 16.6. The van der Waals surface area contributed by atoms with Crippen LogP contribution in [0, 0.1) is 11.8 Å². The summed E-state index contributed by atoms with van der Waals surface area (Å²) in [6.07, 6.45) is 6.60. The van der Waals surface area contributed by atoms with Crippen molar-refractivity contribution in [3.05, 3.63) is 11.8 Å². The Kier molecular flexibility index (Phi) is 8.08. The number of nitrogens with zero attached hydrogens (tertiary/aromatic N) is 2. The van der Waals surface area contributed by atoms with Gasteiger partial charge in [0.05, 0.1) is 11.6 Å². The molecule has 28 heavy (non-hydrogen) atoms. The minimum absolute atomic E-state index is 0.0447. The van der Waals surface area contributed by atoms with Gasteiger partial charge in [-0.2, -0.15) is 0 Å². The van der Waals surface area contributed by atoms with E-state index in [1.54, 1.807) is 0 Å². The predicted octanol–water partition coefficient (Wildman–Crippen LogP) is 2.93. The number of carbonyl (C=O) groups excluding carboxylic acids is 1. The summed E-state index contributed by atoms with van der Waals surface area (Å²) >= 11 is 0. The molecule has 4 atom stereocenters. The van der Waals surface area contributed by atoms with Crippen LogP contribution < -0.4 is 5.32 Å². The van der Waals surface area contributed by atoms with Crippen LogP contribution in [0.5, 0.6) is 0 Å². The number of ether oxygens (including phenoxy) is 1. The van der Waals surface area contributed by atoms with Gasteiger partial charge in [0.2, 0.25) is 12.3 Å². The smallest absolute Gasteiger partial charge is 0.244 e. The lowest BCUT2D eigenvalue weighted by molar-refractivity contribution is -0.189. The van der Waals surface area contributed by atoms with E-state index in [-0.39, 0.29) is 17.9 Å². The lowest BCUT2D eigenvalue weighted by atomic mass is 9.81. The van der Waals surface area contributed by atoms with Crippen LogP contribution >= 0.6 is 0 Å². The van der Waals surface area contributed by atoms with Crippen molar-refractivity contribution in [3.8, 4) is 0 Å². The number of nitrogens with one attached hydrogen (secondary N) is 1. The van der Waals surface area contributed by atoms with Gasteiger partial charge in [-0.3, -0.25) is 10.1 Å². The summed E-state index contributed by atoms with van der Waals surface area (Å²) < 4.78 is 5.58. The van der Waals surface area contributed by atoms with Crippen LogP contribution in [0.25, 0.3) is 0 Å². The summed E-state index contributed by atoms with van der Waals surface area (Å²) in [6.45, 7) is 10.7. The minimum atomic E-state index is -1.17. The largest absolute Gasteiger partial charge is 0.356 e. The lowest BCUT2D eigenvalue weighted by Gasteiger charge is -2.36. The molecule has 2 rings (SSSR count). The van der Waals surface area contributed by atoms with Gasteiger partial charge in [-0.05, 0) is 65.6 Å². The van der Waals surface area contributed by atoms with Gasteiger partial charge >= 0.3 is 0 Å². The fourth-order valence-electron chi connectivity index (χ4n) is 4.31. The Morgan fingerprint density at radius 1 is 1.32 bits per heavy atom. The molecule has 3 unspecified atom stereocenters. The summed E-state index contributed by atoms with van der Waals surface area (Å²) in [5.74, 6) is 0.580. The van der Waals surface area contributed by atoms with E-state index in [0.717, 1.165) is 19.4 Å². The minimum Gasteiger partial charge on any atom is -0.356 e. The zero-order valence-electron chi connectivity index (χ0n) is 18.9. The van der Waals surface area contributed by atoms with E-state index in [2.05, 4.69) is 30.5 Å². The molecule has 0 bridgehead atoms. The second-order valence-corrected chi connectivity index (χ2v) is 9.93. The Balaban J connectivity index is 2.15. The van der Waals surface area contributed by atoms with Gasteiger partial charge in [0.25, 0.3) is 0 Å². The highest BCUT2D eigenvalue weighted by Crippen LogP contribution is 2.40. The Hall–Kier alpha value is -0.950. The van der Waals surface area contributed by atoms with E-state index in [4.69, 9.17) is 4.74 Å². The summed E-state index contributed by atoms with van der Waals surface area (Å²) in [5.41, 5.74) is 0.916. The van der Waals surface area contributed by atoms with Crippen LogP contribution in [0.1, 0.15) is 66.7 Å². The van der Waals surface area contributed by atoms with Crippen molar-refractivity contribution in [1.82, 2.24) is 15.1 Å². The molecule has 2 N–H and O–H groups in total. The molecule has 2 aliphatic rings. The zero-order chi connectivity index (χ0) is 21.1. The Labute approximate surface area is 171 Å². The third-order valence-corrected chi connectivity index (χ3v) is 5.69. The first kappa shape index (κ1) is 23.3. The summed E-state index contributed by atoms with van der Waals surface area (Å²) in [7, 11) is 4.18. The molecule has 1 saturated carbocycles. The standard InChI is InChI=1S/C22H41N3O3/c1-15(2)19(23-21(27)28-22(3,4)5)20(26)25-14-16(12-13-24(6)7)17-10-8-9-11-18(17)25/h14-15,17-19,21,23,27H,8-13H2,1-7H3/t17?,18?,19-,21?/m0/s1. The second kappa shape index (κ2) is 9.70. The number of rotatable bonds is 8. The molecule has 6 nitrogen and oxygen atoms in total. The topological polar surface area (TPSA) is 65.0 Å². The number of carbonyl (C=O) groups is 1. The molecule has 6 heteroatoms. The number of aliphatic hydroxyl groups excluding tert-OH is 1. The van der Waals surface area contributed by atoms with Crippen molar-refractivity contribution in [3.63, 3.8) is 0 Å². The van der Waals surface area contributed by atoms with Crippen LogP contribution in [-0.4, -0.2) is 65.6 Å². The van der Waals surface area contributed by atoms with Gasteiger partial charge in [0, 0.05) is 24.7 Å². The average molecular weight is 396 g/mol. The van der Waals surface area contributed by atoms with E-state index in [1.807, 2.05) is 39.5 Å². The maximum Gasteiger partial charge on any atom is 0.244 e. The molecular weight excluding hydrogens is 354 g/mol. The fraction of sp³-hybridized carbons (Fsp3) is 0.864. The molecule has 0 spiro atoms. The monoisotopic (exact) mass is 395 g/mol. The maximum atomic E-state index is 13.5. The average Bonchev–Trinajstić information content (AvgIpc) is 2.94. The number of aliphatic hydroxyl groups is 1. The van der Waals surface area contributed by atoms with Crippen molar-refractivity contribution in [2.45, 2.75) is 90.8 Å². The van der Waals surface area contributed by atoms with Crippen LogP contribution in [0.2, 0.25) is 0 Å². The maximum absolute atomic E-state index is 13.5. The number of hydrogen-bond acceptors (Lipinski definition) is 5. The lowest BCUT2D eigenvalue weighted by Crippen LogP contribution is -2.55. The highest BCUT2D eigenvalue weighted by Gasteiger charge is 2.42. The molecular formula is C22H41N3O3. The van der Waals surface area contributed by atoms with Crippen molar-refractivity contribution >= 4 is 5.91 Å². The molecule has 1 heterocycles. The van der Waals surface area contributed by atoms with Crippen LogP contribution in [0.4, 0.5) is 0 Å². The molecule has 0 aromatic rings. The molecule has 0 aromatic heterocycles. The molecule has 0 saturated heterocycles.